The number of unbranched alkanes of at least 4 members (excludes halogenated alkanes) is 2. The first-order valence-corrected chi connectivity index (χ1v) is 12.7. The maximum atomic E-state index is 12.6. The molecule has 1 aliphatic rings. The molecule has 0 aromatic heterocycles. The van der Waals surface area contributed by atoms with Gasteiger partial charge in [-0.1, -0.05) is 48.9 Å². The molecule has 35 heavy (non-hydrogen) atoms. The van der Waals surface area contributed by atoms with E-state index >= 15 is 0 Å². The molecule has 1 fully saturated rings. The van der Waals surface area contributed by atoms with Crippen LogP contribution in [-0.2, 0) is 4.79 Å². The number of likely N-dealkylation sites (tertiary alicyclic amines) is 1. The Kier molecular flexibility index (Phi) is 11.0. The Morgan fingerprint density at radius 3 is 2.37 bits per heavy atom. The Hall–Kier alpha value is -2.96. The van der Waals surface area contributed by atoms with E-state index in [2.05, 4.69) is 10.2 Å². The molecule has 2 N–H and O–H groups in total. The first-order valence-electron chi connectivity index (χ1n) is 12.7. The Morgan fingerprint density at radius 2 is 1.69 bits per heavy atom. The van der Waals surface area contributed by atoms with Crippen LogP contribution in [0.5, 0.6) is 5.75 Å². The predicted octanol–water partition coefficient (Wildman–Crippen LogP) is 4.48. The summed E-state index contributed by atoms with van der Waals surface area (Å²) < 4.78 is 5.13. The molecule has 0 saturated carbocycles. The molecule has 1 aliphatic heterocycles. The van der Waals surface area contributed by atoms with Crippen molar-refractivity contribution in [1.82, 2.24) is 10.2 Å². The lowest BCUT2D eigenvalue weighted by molar-refractivity contribution is -0.122. The summed E-state index contributed by atoms with van der Waals surface area (Å²) in [6.45, 7) is 2.65. The van der Waals surface area contributed by atoms with E-state index in [1.54, 1.807) is 37.5 Å². The highest BCUT2D eigenvalue weighted by molar-refractivity contribution is 5.96. The van der Waals surface area contributed by atoms with Gasteiger partial charge in [-0.25, -0.2) is 0 Å². The molecule has 188 valence electrons. The van der Waals surface area contributed by atoms with Crippen molar-refractivity contribution in [2.24, 2.45) is 0 Å². The van der Waals surface area contributed by atoms with Crippen molar-refractivity contribution in [2.45, 2.75) is 57.1 Å². The molecule has 1 unspecified atom stereocenters. The maximum absolute atomic E-state index is 12.6. The van der Waals surface area contributed by atoms with Gasteiger partial charge in [-0.2, -0.15) is 0 Å². The fourth-order valence-corrected chi connectivity index (χ4v) is 4.34. The number of amides is 1. The third-order valence-corrected chi connectivity index (χ3v) is 6.42. The number of ketones is 1. The molecule has 1 saturated heterocycles. The summed E-state index contributed by atoms with van der Waals surface area (Å²) >= 11 is 0. The molecule has 2 atom stereocenters. The van der Waals surface area contributed by atoms with Gasteiger partial charge in [0.15, 0.2) is 5.78 Å². The molecule has 2 aromatic rings. The summed E-state index contributed by atoms with van der Waals surface area (Å²) in [5, 5.41) is 13.9. The van der Waals surface area contributed by atoms with Gasteiger partial charge in [0, 0.05) is 24.9 Å². The zero-order chi connectivity index (χ0) is 24.9. The van der Waals surface area contributed by atoms with E-state index in [-0.39, 0.29) is 17.7 Å². The zero-order valence-corrected chi connectivity index (χ0v) is 20.7. The van der Waals surface area contributed by atoms with Crippen molar-refractivity contribution in [3.8, 4) is 5.75 Å². The van der Waals surface area contributed by atoms with Crippen LogP contribution in [0.4, 0.5) is 0 Å². The monoisotopic (exact) mass is 478 g/mol. The average molecular weight is 479 g/mol. The van der Waals surface area contributed by atoms with Crippen LogP contribution in [0.2, 0.25) is 0 Å². The number of nitrogens with one attached hydrogen (secondary N) is 1. The van der Waals surface area contributed by atoms with E-state index in [4.69, 9.17) is 4.74 Å². The van der Waals surface area contributed by atoms with Crippen LogP contribution >= 0.6 is 0 Å². The van der Waals surface area contributed by atoms with Crippen molar-refractivity contribution < 1.29 is 19.4 Å². The largest absolute Gasteiger partial charge is 0.497 e. The molecule has 0 spiro atoms. The molecular weight excluding hydrogens is 440 g/mol. The van der Waals surface area contributed by atoms with E-state index in [1.807, 2.05) is 36.4 Å². The molecule has 1 amide bonds. The Morgan fingerprint density at radius 1 is 1.00 bits per heavy atom. The summed E-state index contributed by atoms with van der Waals surface area (Å²) in [6, 6.07) is 16.6. The fraction of sp³-hybridized carbons (Fsp3) is 0.448. The highest BCUT2D eigenvalue weighted by Crippen LogP contribution is 2.15. The van der Waals surface area contributed by atoms with Crippen molar-refractivity contribution in [3.05, 3.63) is 71.8 Å². The number of aliphatic hydroxyl groups excluding tert-OH is 1. The minimum atomic E-state index is -0.762. The van der Waals surface area contributed by atoms with Gasteiger partial charge in [0.2, 0.25) is 5.91 Å². The van der Waals surface area contributed by atoms with Crippen molar-refractivity contribution in [2.75, 3.05) is 26.7 Å². The van der Waals surface area contributed by atoms with Crippen LogP contribution < -0.4 is 10.1 Å². The van der Waals surface area contributed by atoms with Gasteiger partial charge in [-0.3, -0.25) is 9.59 Å². The molecular formula is C29H38N2O4. The number of nitrogens with zero attached hydrogens (tertiary/aromatic N) is 1. The third kappa shape index (κ3) is 9.30. The summed E-state index contributed by atoms with van der Waals surface area (Å²) in [7, 11) is 1.60. The molecule has 6 heteroatoms. The summed E-state index contributed by atoms with van der Waals surface area (Å²) in [6.07, 6.45) is 8.35. The Bertz CT molecular complexity index is 937. The van der Waals surface area contributed by atoms with Gasteiger partial charge in [0.1, 0.15) is 5.75 Å². The van der Waals surface area contributed by atoms with Crippen molar-refractivity contribution in [3.63, 3.8) is 0 Å². The zero-order valence-electron chi connectivity index (χ0n) is 20.7. The van der Waals surface area contributed by atoms with Crippen molar-refractivity contribution >= 4 is 17.8 Å². The van der Waals surface area contributed by atoms with E-state index in [0.29, 0.717) is 31.4 Å². The van der Waals surface area contributed by atoms with Gasteiger partial charge in [-0.05, 0) is 68.6 Å². The smallest absolute Gasteiger partial charge is 0.220 e. The quantitative estimate of drug-likeness (QED) is 0.309. The minimum Gasteiger partial charge on any atom is -0.497 e. The fourth-order valence-electron chi connectivity index (χ4n) is 4.34. The number of methoxy groups -OCH3 is 1. The summed E-state index contributed by atoms with van der Waals surface area (Å²) in [4.78, 5) is 27.3. The summed E-state index contributed by atoms with van der Waals surface area (Å²) in [5.74, 6) is 0.787. The van der Waals surface area contributed by atoms with E-state index in [0.717, 1.165) is 50.1 Å². The number of carbonyl (C=O) groups excluding carboxylic acids is 2. The lowest BCUT2D eigenvalue weighted by atomic mass is 10.0. The molecule has 6 nitrogen and oxygen atoms in total. The highest BCUT2D eigenvalue weighted by Gasteiger charge is 2.24. The summed E-state index contributed by atoms with van der Waals surface area (Å²) in [5.41, 5.74) is 1.70. The van der Waals surface area contributed by atoms with E-state index in [9.17, 15) is 14.7 Å². The number of hydrogen-bond donors (Lipinski definition) is 2. The minimum absolute atomic E-state index is 0.0529. The van der Waals surface area contributed by atoms with Gasteiger partial charge >= 0.3 is 0 Å². The third-order valence-electron chi connectivity index (χ3n) is 6.42. The van der Waals surface area contributed by atoms with E-state index in [1.165, 1.54) is 0 Å². The number of carbonyl (C=O) groups is 2. The first-order chi connectivity index (χ1) is 17.0. The van der Waals surface area contributed by atoms with Gasteiger partial charge in [0.05, 0.1) is 19.3 Å². The molecule has 2 aromatic carbocycles. The number of benzene rings is 2. The lowest BCUT2D eigenvalue weighted by Gasteiger charge is -2.27. The first kappa shape index (κ1) is 26.6. The molecule has 0 bridgehead atoms. The van der Waals surface area contributed by atoms with Gasteiger partial charge in [0.25, 0.3) is 0 Å². The average Bonchev–Trinajstić information content (AvgIpc) is 3.40. The number of Topliss-reactive ketones (excluding diaryl/α,β-unsaturated/α-hetero) is 1. The molecule has 1 heterocycles. The predicted molar refractivity (Wildman–Crippen MR) is 139 cm³/mol. The number of ether oxygens (including phenoxy) is 1. The highest BCUT2D eigenvalue weighted by atomic mass is 16.5. The second kappa shape index (κ2) is 14.4. The second-order valence-corrected chi connectivity index (χ2v) is 9.15. The molecule has 0 aliphatic carbocycles. The van der Waals surface area contributed by atoms with E-state index < -0.39 is 6.10 Å². The Balaban J connectivity index is 1.42. The standard InChI is InChI=1S/C29H38N2O4/c1-35-25-17-15-24(16-18-25)27(32)12-6-3-7-13-29(34)30-26(22-31-20-8-9-21-31)28(33)19-14-23-10-4-2-5-11-23/h2,4-5,10-11,14-19,26,28,33H,3,6-9,12-13,20-22H2,1H3,(H,30,34)/b19-14+/t26?,28-/m1/s1. The number of hydrogen-bond acceptors (Lipinski definition) is 5. The Labute approximate surface area is 209 Å². The van der Waals surface area contributed by atoms with Crippen LogP contribution in [0.3, 0.4) is 0 Å². The molecule has 3 rings (SSSR count). The van der Waals surface area contributed by atoms with Crippen LogP contribution in [-0.4, -0.2) is 60.6 Å². The lowest BCUT2D eigenvalue weighted by Crippen LogP contribution is -2.49. The van der Waals surface area contributed by atoms with Gasteiger partial charge < -0.3 is 20.1 Å². The van der Waals surface area contributed by atoms with Gasteiger partial charge in [-0.15, -0.1) is 0 Å². The van der Waals surface area contributed by atoms with Crippen LogP contribution in [0.15, 0.2) is 60.7 Å². The van der Waals surface area contributed by atoms with Crippen LogP contribution in [0.1, 0.15) is 60.9 Å². The second-order valence-electron chi connectivity index (χ2n) is 9.15. The topological polar surface area (TPSA) is 78.9 Å². The molecule has 0 radical (unpaired) electrons. The number of aliphatic hydroxyl groups is 1. The SMILES string of the molecule is COc1ccc(C(=O)CCCCCC(=O)NC(CN2CCCC2)[C@H](O)/C=C/c2ccccc2)cc1. The van der Waals surface area contributed by atoms with Crippen molar-refractivity contribution in [1.29, 1.82) is 0 Å². The van der Waals surface area contributed by atoms with Crippen LogP contribution in [0.25, 0.3) is 6.08 Å². The number of rotatable bonds is 14. The van der Waals surface area contributed by atoms with Crippen LogP contribution in [0, 0.1) is 0 Å². The normalized spacial score (nSPS) is 15.7. The maximum Gasteiger partial charge on any atom is 0.220 e.